The molecule has 0 radical (unpaired) electrons. The largest absolute Gasteiger partial charge is 0.507 e. The fraction of sp³-hybridized carbons (Fsp3) is 0. The lowest BCUT2D eigenvalue weighted by Gasteiger charge is -2.08. The Labute approximate surface area is 115 Å². The maximum atomic E-state index is 10.9. The first-order valence-electron chi connectivity index (χ1n) is 6.21. The summed E-state index contributed by atoms with van der Waals surface area (Å²) in [5.74, 6) is -1.35. The van der Waals surface area contributed by atoms with Crippen LogP contribution in [0.2, 0.25) is 0 Å². The van der Waals surface area contributed by atoms with Crippen molar-refractivity contribution in [1.82, 2.24) is 0 Å². The molecule has 0 saturated heterocycles. The minimum Gasteiger partial charge on any atom is -0.507 e. The van der Waals surface area contributed by atoms with Crippen molar-refractivity contribution in [3.63, 3.8) is 0 Å². The van der Waals surface area contributed by atoms with Crippen LogP contribution in [0.15, 0.2) is 60.7 Å². The summed E-state index contributed by atoms with van der Waals surface area (Å²) in [6.45, 7) is 0. The fourth-order valence-corrected chi connectivity index (χ4v) is 2.36. The topological polar surface area (TPSA) is 57.5 Å². The minimum atomic E-state index is -1.13. The van der Waals surface area contributed by atoms with Crippen LogP contribution in [0.5, 0.6) is 5.75 Å². The number of fused-ring (bicyclic) bond motifs is 1. The highest BCUT2D eigenvalue weighted by Crippen LogP contribution is 2.31. The van der Waals surface area contributed by atoms with Gasteiger partial charge in [0.2, 0.25) is 0 Å². The van der Waals surface area contributed by atoms with Crippen molar-refractivity contribution in [3.8, 4) is 16.9 Å². The van der Waals surface area contributed by atoms with Gasteiger partial charge in [0.1, 0.15) is 11.3 Å². The van der Waals surface area contributed by atoms with Crippen LogP contribution in [0, 0.1) is 0 Å². The van der Waals surface area contributed by atoms with Crippen molar-refractivity contribution in [3.05, 3.63) is 66.2 Å². The second kappa shape index (κ2) is 4.70. The maximum Gasteiger partial charge on any atom is 0.339 e. The van der Waals surface area contributed by atoms with Crippen LogP contribution in [-0.2, 0) is 0 Å². The molecule has 0 spiro atoms. The van der Waals surface area contributed by atoms with Crippen LogP contribution in [0.25, 0.3) is 21.9 Å². The van der Waals surface area contributed by atoms with Gasteiger partial charge in [-0.1, -0.05) is 48.5 Å². The summed E-state index contributed by atoms with van der Waals surface area (Å²) >= 11 is 0. The Morgan fingerprint density at radius 3 is 2.40 bits per heavy atom. The lowest BCUT2D eigenvalue weighted by atomic mass is 9.97. The van der Waals surface area contributed by atoms with Crippen molar-refractivity contribution in [1.29, 1.82) is 0 Å². The van der Waals surface area contributed by atoms with Crippen LogP contribution in [0.4, 0.5) is 0 Å². The Bertz CT molecular complexity index is 801. The lowest BCUT2D eigenvalue weighted by Crippen LogP contribution is -1.96. The van der Waals surface area contributed by atoms with E-state index in [1.165, 1.54) is 12.1 Å². The van der Waals surface area contributed by atoms with Crippen LogP contribution in [0.3, 0.4) is 0 Å². The SMILES string of the molecule is O=C(O)c1ccc(-c2cccc3ccccc23)cc1O. The van der Waals surface area contributed by atoms with Gasteiger partial charge in [-0.15, -0.1) is 0 Å². The van der Waals surface area contributed by atoms with Gasteiger partial charge in [0.15, 0.2) is 0 Å². The summed E-state index contributed by atoms with van der Waals surface area (Å²) in [5.41, 5.74) is 1.67. The smallest absolute Gasteiger partial charge is 0.339 e. The summed E-state index contributed by atoms with van der Waals surface area (Å²) in [6.07, 6.45) is 0. The number of rotatable bonds is 2. The number of carboxylic acids is 1. The molecule has 20 heavy (non-hydrogen) atoms. The third kappa shape index (κ3) is 1.99. The van der Waals surface area contributed by atoms with Gasteiger partial charge in [-0.3, -0.25) is 0 Å². The van der Waals surface area contributed by atoms with E-state index >= 15 is 0 Å². The highest BCUT2D eigenvalue weighted by molar-refractivity contribution is 5.98. The van der Waals surface area contributed by atoms with Gasteiger partial charge in [-0.2, -0.15) is 0 Å². The third-order valence-electron chi connectivity index (χ3n) is 3.33. The molecule has 3 rings (SSSR count). The van der Waals surface area contributed by atoms with Crippen molar-refractivity contribution >= 4 is 16.7 Å². The van der Waals surface area contributed by atoms with E-state index in [0.717, 1.165) is 21.9 Å². The predicted octanol–water partition coefficient (Wildman–Crippen LogP) is 3.91. The van der Waals surface area contributed by atoms with E-state index in [9.17, 15) is 9.90 Å². The normalized spacial score (nSPS) is 10.6. The monoisotopic (exact) mass is 264 g/mol. The second-order valence-corrected chi connectivity index (χ2v) is 4.56. The number of hydrogen-bond acceptors (Lipinski definition) is 2. The molecule has 3 heteroatoms. The molecule has 3 nitrogen and oxygen atoms in total. The van der Waals surface area contributed by atoms with E-state index in [-0.39, 0.29) is 11.3 Å². The Morgan fingerprint density at radius 1 is 0.900 bits per heavy atom. The van der Waals surface area contributed by atoms with E-state index < -0.39 is 5.97 Å². The number of aromatic hydroxyl groups is 1. The van der Waals surface area contributed by atoms with Crippen molar-refractivity contribution < 1.29 is 15.0 Å². The first kappa shape index (κ1) is 12.2. The Hall–Kier alpha value is -2.81. The molecule has 0 aliphatic rings. The third-order valence-corrected chi connectivity index (χ3v) is 3.33. The van der Waals surface area contributed by atoms with Crippen LogP contribution >= 0.6 is 0 Å². The molecule has 0 saturated carbocycles. The summed E-state index contributed by atoms with van der Waals surface area (Å²) in [5, 5.41) is 20.9. The number of carbonyl (C=O) groups is 1. The van der Waals surface area contributed by atoms with Gasteiger partial charge in [-0.05, 0) is 34.0 Å². The molecule has 0 atom stereocenters. The molecule has 3 aromatic rings. The van der Waals surface area contributed by atoms with Gasteiger partial charge in [0.25, 0.3) is 0 Å². The number of aromatic carboxylic acids is 1. The van der Waals surface area contributed by atoms with E-state index in [4.69, 9.17) is 5.11 Å². The van der Waals surface area contributed by atoms with Gasteiger partial charge in [0.05, 0.1) is 0 Å². The fourth-order valence-electron chi connectivity index (χ4n) is 2.36. The molecule has 0 unspecified atom stereocenters. The molecule has 0 aromatic heterocycles. The van der Waals surface area contributed by atoms with Gasteiger partial charge in [0, 0.05) is 0 Å². The Balaban J connectivity index is 2.21. The number of hydrogen-bond donors (Lipinski definition) is 2. The second-order valence-electron chi connectivity index (χ2n) is 4.56. The molecule has 2 N–H and O–H groups in total. The van der Waals surface area contributed by atoms with E-state index in [1.807, 2.05) is 42.5 Å². The standard InChI is InChI=1S/C17H12O3/c18-16-10-12(8-9-15(16)17(19)20)14-7-3-5-11-4-1-2-6-13(11)14/h1-10,18H,(H,19,20). The van der Waals surface area contributed by atoms with Crippen LogP contribution in [-0.4, -0.2) is 16.2 Å². The highest BCUT2D eigenvalue weighted by Gasteiger charge is 2.11. The zero-order valence-corrected chi connectivity index (χ0v) is 10.6. The first-order valence-corrected chi connectivity index (χ1v) is 6.21. The van der Waals surface area contributed by atoms with Crippen LogP contribution < -0.4 is 0 Å². The molecule has 98 valence electrons. The first-order chi connectivity index (χ1) is 9.66. The van der Waals surface area contributed by atoms with E-state index in [1.54, 1.807) is 6.07 Å². The molecule has 0 bridgehead atoms. The molecular formula is C17H12O3. The van der Waals surface area contributed by atoms with Crippen LogP contribution in [0.1, 0.15) is 10.4 Å². The highest BCUT2D eigenvalue weighted by atomic mass is 16.4. The van der Waals surface area contributed by atoms with Gasteiger partial charge < -0.3 is 10.2 Å². The molecule has 0 fully saturated rings. The summed E-state index contributed by atoms with van der Waals surface area (Å²) in [4.78, 5) is 10.9. The zero-order chi connectivity index (χ0) is 14.1. The van der Waals surface area contributed by atoms with E-state index in [0.29, 0.717) is 0 Å². The van der Waals surface area contributed by atoms with E-state index in [2.05, 4.69) is 0 Å². The van der Waals surface area contributed by atoms with Crippen molar-refractivity contribution in [2.45, 2.75) is 0 Å². The molecule has 0 aliphatic carbocycles. The average Bonchev–Trinajstić information content (AvgIpc) is 2.46. The predicted molar refractivity (Wildman–Crippen MR) is 78.0 cm³/mol. The summed E-state index contributed by atoms with van der Waals surface area (Å²) in [6, 6.07) is 18.5. The number of benzene rings is 3. The molecule has 3 aromatic carbocycles. The minimum absolute atomic E-state index is 0.0889. The Kier molecular flexibility index (Phi) is 2.88. The molecule has 0 amide bonds. The summed E-state index contributed by atoms with van der Waals surface area (Å²) in [7, 11) is 0. The number of carboxylic acid groups (broad SMARTS) is 1. The summed E-state index contributed by atoms with van der Waals surface area (Å²) < 4.78 is 0. The Morgan fingerprint density at radius 2 is 1.65 bits per heavy atom. The molecular weight excluding hydrogens is 252 g/mol. The quantitative estimate of drug-likeness (QED) is 0.737. The van der Waals surface area contributed by atoms with Crippen molar-refractivity contribution in [2.75, 3.05) is 0 Å². The van der Waals surface area contributed by atoms with Gasteiger partial charge in [-0.25, -0.2) is 4.79 Å². The van der Waals surface area contributed by atoms with Crippen molar-refractivity contribution in [2.24, 2.45) is 0 Å². The molecule has 0 heterocycles. The number of phenols is 1. The molecule has 0 aliphatic heterocycles. The maximum absolute atomic E-state index is 10.9. The zero-order valence-electron chi connectivity index (χ0n) is 10.6. The van der Waals surface area contributed by atoms with Gasteiger partial charge >= 0.3 is 5.97 Å². The lowest BCUT2D eigenvalue weighted by molar-refractivity contribution is 0.0694. The average molecular weight is 264 g/mol.